The summed E-state index contributed by atoms with van der Waals surface area (Å²) in [5.74, 6) is 0.518. The molecule has 0 unspecified atom stereocenters. The first-order chi connectivity index (χ1) is 7.58. The fourth-order valence-electron chi connectivity index (χ4n) is 1.88. The van der Waals surface area contributed by atoms with E-state index in [0.29, 0.717) is 12.5 Å². The van der Waals surface area contributed by atoms with Crippen LogP contribution in [-0.4, -0.2) is 5.91 Å². The molecule has 0 aromatic heterocycles. The third-order valence-electron chi connectivity index (χ3n) is 3.35. The maximum Gasteiger partial charge on any atom is 0.223 e. The molecule has 16 heavy (non-hydrogen) atoms. The van der Waals surface area contributed by atoms with Crippen LogP contribution in [0.5, 0.6) is 0 Å². The number of hydrogen-bond acceptors (Lipinski definition) is 1. The van der Waals surface area contributed by atoms with Crippen LogP contribution in [0.4, 0.5) is 0 Å². The average Bonchev–Trinajstić information content (AvgIpc) is 3.04. The highest BCUT2D eigenvalue weighted by molar-refractivity contribution is 5.80. The van der Waals surface area contributed by atoms with Crippen molar-refractivity contribution in [3.63, 3.8) is 0 Å². The molecule has 0 aliphatic heterocycles. The molecule has 2 heteroatoms. The number of amides is 1. The highest BCUT2D eigenvalue weighted by Gasteiger charge is 2.29. The molecule has 0 heterocycles. The van der Waals surface area contributed by atoms with Crippen LogP contribution in [-0.2, 0) is 11.3 Å². The van der Waals surface area contributed by atoms with Gasteiger partial charge < -0.3 is 5.32 Å². The minimum atomic E-state index is 0.220. The molecule has 1 saturated carbocycles. The van der Waals surface area contributed by atoms with Crippen LogP contribution in [0.2, 0.25) is 0 Å². The average molecular weight is 217 g/mol. The van der Waals surface area contributed by atoms with Gasteiger partial charge in [-0.3, -0.25) is 4.79 Å². The van der Waals surface area contributed by atoms with Gasteiger partial charge in [-0.2, -0.15) is 0 Å². The van der Waals surface area contributed by atoms with Gasteiger partial charge in [-0.25, -0.2) is 0 Å². The zero-order valence-corrected chi connectivity index (χ0v) is 10.3. The molecule has 0 spiro atoms. The van der Waals surface area contributed by atoms with Crippen LogP contribution >= 0.6 is 0 Å². The Kier molecular flexibility index (Phi) is 2.99. The second-order valence-corrected chi connectivity index (χ2v) is 4.86. The zero-order chi connectivity index (χ0) is 11.7. The maximum absolute atomic E-state index is 11.5. The molecule has 1 amide bonds. The number of hydrogen-bond donors (Lipinski definition) is 1. The van der Waals surface area contributed by atoms with Gasteiger partial charge in [0, 0.05) is 12.5 Å². The summed E-state index contributed by atoms with van der Waals surface area (Å²) in [6.45, 7) is 7.00. The molecule has 1 aromatic carbocycles. The van der Waals surface area contributed by atoms with Gasteiger partial charge in [0.05, 0.1) is 0 Å². The standard InChI is InChI=1S/C14H19NO/c1-9-6-11(3)13(7-10(9)2)8-15-14(16)12-4-5-12/h6-7,12H,4-5,8H2,1-3H3,(H,15,16). The van der Waals surface area contributed by atoms with Crippen LogP contribution in [0.3, 0.4) is 0 Å². The van der Waals surface area contributed by atoms with Crippen molar-refractivity contribution in [3.05, 3.63) is 34.4 Å². The van der Waals surface area contributed by atoms with Crippen LogP contribution < -0.4 is 5.32 Å². The summed E-state index contributed by atoms with van der Waals surface area (Å²) >= 11 is 0. The predicted octanol–water partition coefficient (Wildman–Crippen LogP) is 2.64. The summed E-state index contributed by atoms with van der Waals surface area (Å²) in [4.78, 5) is 11.5. The second-order valence-electron chi connectivity index (χ2n) is 4.86. The highest BCUT2D eigenvalue weighted by atomic mass is 16.2. The Morgan fingerprint density at radius 2 is 1.81 bits per heavy atom. The normalized spacial score (nSPS) is 14.9. The van der Waals surface area contributed by atoms with E-state index in [1.165, 1.54) is 22.3 Å². The minimum Gasteiger partial charge on any atom is -0.352 e. The van der Waals surface area contributed by atoms with E-state index < -0.39 is 0 Å². The van der Waals surface area contributed by atoms with Gasteiger partial charge in [-0.1, -0.05) is 12.1 Å². The lowest BCUT2D eigenvalue weighted by atomic mass is 10.0. The molecule has 0 atom stereocenters. The molecule has 0 saturated heterocycles. The van der Waals surface area contributed by atoms with Crippen molar-refractivity contribution in [2.45, 2.75) is 40.2 Å². The van der Waals surface area contributed by atoms with Crippen molar-refractivity contribution < 1.29 is 4.79 Å². The molecule has 0 radical (unpaired) electrons. The summed E-state index contributed by atoms with van der Waals surface area (Å²) in [6.07, 6.45) is 2.13. The first-order valence-electron chi connectivity index (χ1n) is 5.92. The van der Waals surface area contributed by atoms with E-state index in [-0.39, 0.29) is 5.91 Å². The lowest BCUT2D eigenvalue weighted by Gasteiger charge is -2.10. The molecule has 1 aliphatic carbocycles. The molecular formula is C14H19NO. The molecule has 1 fully saturated rings. The highest BCUT2D eigenvalue weighted by Crippen LogP contribution is 2.28. The molecule has 1 aliphatic rings. The molecule has 1 aromatic rings. The lowest BCUT2D eigenvalue weighted by molar-refractivity contribution is -0.122. The monoisotopic (exact) mass is 217 g/mol. The fraction of sp³-hybridized carbons (Fsp3) is 0.500. The Hall–Kier alpha value is -1.31. The topological polar surface area (TPSA) is 29.1 Å². The van der Waals surface area contributed by atoms with Gasteiger partial charge in [-0.15, -0.1) is 0 Å². The predicted molar refractivity (Wildman–Crippen MR) is 65.2 cm³/mol. The zero-order valence-electron chi connectivity index (χ0n) is 10.3. The fourth-order valence-corrected chi connectivity index (χ4v) is 1.88. The quantitative estimate of drug-likeness (QED) is 0.828. The number of nitrogens with one attached hydrogen (secondary N) is 1. The number of rotatable bonds is 3. The molecule has 0 bridgehead atoms. The summed E-state index contributed by atoms with van der Waals surface area (Å²) in [6, 6.07) is 4.37. The van der Waals surface area contributed by atoms with Crippen LogP contribution in [0.1, 0.15) is 35.1 Å². The second kappa shape index (κ2) is 4.28. The van der Waals surface area contributed by atoms with Crippen molar-refractivity contribution in [1.29, 1.82) is 0 Å². The molecule has 1 N–H and O–H groups in total. The van der Waals surface area contributed by atoms with E-state index in [1.54, 1.807) is 0 Å². The van der Waals surface area contributed by atoms with E-state index in [9.17, 15) is 4.79 Å². The lowest BCUT2D eigenvalue weighted by Crippen LogP contribution is -2.24. The van der Waals surface area contributed by atoms with Gasteiger partial charge in [0.1, 0.15) is 0 Å². The van der Waals surface area contributed by atoms with E-state index in [1.807, 2.05) is 0 Å². The van der Waals surface area contributed by atoms with Crippen molar-refractivity contribution in [2.75, 3.05) is 0 Å². The van der Waals surface area contributed by atoms with E-state index in [2.05, 4.69) is 38.2 Å². The van der Waals surface area contributed by atoms with Crippen LogP contribution in [0.15, 0.2) is 12.1 Å². The van der Waals surface area contributed by atoms with Gasteiger partial charge >= 0.3 is 0 Å². The summed E-state index contributed by atoms with van der Waals surface area (Å²) in [5, 5.41) is 3.01. The first kappa shape index (κ1) is 11.2. The molecule has 86 valence electrons. The Bertz CT molecular complexity index is 419. The summed E-state index contributed by atoms with van der Waals surface area (Å²) in [5.41, 5.74) is 5.10. The minimum absolute atomic E-state index is 0.220. The Labute approximate surface area is 97.1 Å². The van der Waals surface area contributed by atoms with Crippen LogP contribution in [0, 0.1) is 26.7 Å². The number of carbonyl (C=O) groups is 1. The summed E-state index contributed by atoms with van der Waals surface area (Å²) in [7, 11) is 0. The SMILES string of the molecule is Cc1cc(C)c(CNC(=O)C2CC2)cc1C. The van der Waals surface area contributed by atoms with E-state index in [0.717, 1.165) is 12.8 Å². The molecular weight excluding hydrogens is 198 g/mol. The van der Waals surface area contributed by atoms with Crippen molar-refractivity contribution >= 4 is 5.91 Å². The van der Waals surface area contributed by atoms with Crippen molar-refractivity contribution in [2.24, 2.45) is 5.92 Å². The van der Waals surface area contributed by atoms with Gasteiger partial charge in [-0.05, 0) is 55.9 Å². The third kappa shape index (κ3) is 2.43. The summed E-state index contributed by atoms with van der Waals surface area (Å²) < 4.78 is 0. The van der Waals surface area contributed by atoms with Crippen LogP contribution in [0.25, 0.3) is 0 Å². The third-order valence-corrected chi connectivity index (χ3v) is 3.35. The van der Waals surface area contributed by atoms with Crippen molar-refractivity contribution in [1.82, 2.24) is 5.32 Å². The number of carbonyl (C=O) groups excluding carboxylic acids is 1. The Morgan fingerprint density at radius 1 is 1.19 bits per heavy atom. The maximum atomic E-state index is 11.5. The van der Waals surface area contributed by atoms with Gasteiger partial charge in [0.2, 0.25) is 5.91 Å². The first-order valence-corrected chi connectivity index (χ1v) is 5.92. The Morgan fingerprint density at radius 3 is 2.44 bits per heavy atom. The smallest absolute Gasteiger partial charge is 0.223 e. The molecule has 2 rings (SSSR count). The van der Waals surface area contributed by atoms with Crippen molar-refractivity contribution in [3.8, 4) is 0 Å². The molecule has 2 nitrogen and oxygen atoms in total. The number of benzene rings is 1. The van der Waals surface area contributed by atoms with Gasteiger partial charge in [0.25, 0.3) is 0 Å². The van der Waals surface area contributed by atoms with E-state index in [4.69, 9.17) is 0 Å². The van der Waals surface area contributed by atoms with Gasteiger partial charge in [0.15, 0.2) is 0 Å². The largest absolute Gasteiger partial charge is 0.352 e. The Balaban J connectivity index is 2.03. The number of aryl methyl sites for hydroxylation is 3. The van der Waals surface area contributed by atoms with E-state index >= 15 is 0 Å².